The summed E-state index contributed by atoms with van der Waals surface area (Å²) in [6.07, 6.45) is 2.71. The summed E-state index contributed by atoms with van der Waals surface area (Å²) < 4.78 is 12.9. The normalized spacial score (nSPS) is 15.1. The number of ether oxygens (including phenoxy) is 2. The lowest BCUT2D eigenvalue weighted by Crippen LogP contribution is -2.20. The Morgan fingerprint density at radius 2 is 2.10 bits per heavy atom. The Balaban J connectivity index is 1.81. The van der Waals surface area contributed by atoms with Crippen LogP contribution in [0.4, 0.5) is 0 Å². The third-order valence-electron chi connectivity index (χ3n) is 3.38. The van der Waals surface area contributed by atoms with E-state index in [1.54, 1.807) is 4.68 Å². The molecule has 0 saturated carbocycles. The number of aromatic nitrogens is 3. The Bertz CT molecular complexity index is 597. The summed E-state index contributed by atoms with van der Waals surface area (Å²) in [6, 6.07) is 6.23. The minimum Gasteiger partial charge on any atom is -0.486 e. The van der Waals surface area contributed by atoms with E-state index < -0.39 is 0 Å². The fourth-order valence-electron chi connectivity index (χ4n) is 2.36. The lowest BCUT2D eigenvalue weighted by molar-refractivity contribution is 0.171. The topological polar surface area (TPSA) is 61.2 Å². The van der Waals surface area contributed by atoms with Crippen LogP contribution >= 0.6 is 0 Å². The molecule has 6 nitrogen and oxygen atoms in total. The molecular formula is C14H18N4O2. The molecule has 1 aliphatic heterocycles. The number of aryl methyl sites for hydroxylation is 1. The maximum absolute atomic E-state index is 5.63. The second-order valence-corrected chi connectivity index (χ2v) is 4.83. The minimum absolute atomic E-state index is 0.169. The molecule has 106 valence electrons. The zero-order valence-corrected chi connectivity index (χ0v) is 11.7. The molecule has 0 saturated heterocycles. The molecule has 0 bridgehead atoms. The van der Waals surface area contributed by atoms with Gasteiger partial charge in [-0.3, -0.25) is 4.68 Å². The minimum atomic E-state index is 0.169. The van der Waals surface area contributed by atoms with Gasteiger partial charge in [0.1, 0.15) is 13.2 Å². The van der Waals surface area contributed by atoms with Gasteiger partial charge in [0.25, 0.3) is 0 Å². The van der Waals surface area contributed by atoms with Gasteiger partial charge < -0.3 is 14.8 Å². The molecule has 1 N–H and O–H groups in total. The van der Waals surface area contributed by atoms with E-state index in [1.807, 2.05) is 32.4 Å². The van der Waals surface area contributed by atoms with Crippen LogP contribution in [0.25, 0.3) is 0 Å². The molecule has 6 heteroatoms. The van der Waals surface area contributed by atoms with Gasteiger partial charge in [-0.1, -0.05) is 11.3 Å². The highest BCUT2D eigenvalue weighted by atomic mass is 16.6. The van der Waals surface area contributed by atoms with Crippen molar-refractivity contribution in [2.45, 2.75) is 12.5 Å². The van der Waals surface area contributed by atoms with Gasteiger partial charge in [-0.15, -0.1) is 5.10 Å². The summed E-state index contributed by atoms with van der Waals surface area (Å²) in [4.78, 5) is 0. The smallest absolute Gasteiger partial charge is 0.161 e. The van der Waals surface area contributed by atoms with Crippen molar-refractivity contribution >= 4 is 0 Å². The van der Waals surface area contributed by atoms with Crippen molar-refractivity contribution in [3.8, 4) is 11.5 Å². The maximum atomic E-state index is 5.63. The fraction of sp³-hybridized carbons (Fsp3) is 0.429. The van der Waals surface area contributed by atoms with Crippen molar-refractivity contribution in [2.24, 2.45) is 7.05 Å². The Morgan fingerprint density at radius 1 is 1.30 bits per heavy atom. The van der Waals surface area contributed by atoms with E-state index >= 15 is 0 Å². The molecule has 1 aliphatic rings. The van der Waals surface area contributed by atoms with E-state index in [1.165, 1.54) is 0 Å². The van der Waals surface area contributed by atoms with Crippen molar-refractivity contribution in [2.75, 3.05) is 20.3 Å². The molecule has 0 amide bonds. The van der Waals surface area contributed by atoms with Crippen LogP contribution < -0.4 is 14.8 Å². The van der Waals surface area contributed by atoms with Gasteiger partial charge in [-0.25, -0.2) is 0 Å². The predicted molar refractivity (Wildman–Crippen MR) is 73.9 cm³/mol. The number of nitrogens with zero attached hydrogens (tertiary/aromatic N) is 3. The molecule has 0 aliphatic carbocycles. The molecule has 1 atom stereocenters. The van der Waals surface area contributed by atoms with Gasteiger partial charge >= 0.3 is 0 Å². The van der Waals surface area contributed by atoms with Gasteiger partial charge in [0.2, 0.25) is 0 Å². The summed E-state index contributed by atoms with van der Waals surface area (Å²) in [7, 11) is 3.81. The molecule has 2 aromatic rings. The Morgan fingerprint density at radius 3 is 2.80 bits per heavy atom. The fourth-order valence-corrected chi connectivity index (χ4v) is 2.36. The van der Waals surface area contributed by atoms with Gasteiger partial charge in [-0.05, 0) is 24.7 Å². The Labute approximate surface area is 117 Å². The van der Waals surface area contributed by atoms with Crippen molar-refractivity contribution in [1.82, 2.24) is 20.3 Å². The van der Waals surface area contributed by atoms with E-state index in [2.05, 4.69) is 21.7 Å². The maximum Gasteiger partial charge on any atom is 0.161 e. The average Bonchev–Trinajstić information content (AvgIpc) is 2.89. The number of fused-ring (bicyclic) bond motifs is 1. The lowest BCUT2D eigenvalue weighted by Gasteiger charge is -2.21. The molecule has 20 heavy (non-hydrogen) atoms. The predicted octanol–water partition coefficient (Wildman–Crippen LogP) is 1.09. The summed E-state index contributed by atoms with van der Waals surface area (Å²) in [5.74, 6) is 1.63. The van der Waals surface area contributed by atoms with Crippen LogP contribution in [0, 0.1) is 0 Å². The summed E-state index contributed by atoms with van der Waals surface area (Å²) in [5, 5.41) is 11.4. The van der Waals surface area contributed by atoms with Crippen molar-refractivity contribution in [3.63, 3.8) is 0 Å². The van der Waals surface area contributed by atoms with E-state index in [0.717, 1.165) is 29.2 Å². The SMILES string of the molecule is CNC(Cc1cn(C)nn1)c1ccc2c(c1)OCCO2. The number of hydrogen-bond donors (Lipinski definition) is 1. The van der Waals surface area contributed by atoms with E-state index in [0.29, 0.717) is 13.2 Å². The third kappa shape index (κ3) is 2.60. The molecule has 1 unspecified atom stereocenters. The first-order chi connectivity index (χ1) is 9.76. The Kier molecular flexibility index (Phi) is 3.56. The lowest BCUT2D eigenvalue weighted by atomic mass is 10.0. The van der Waals surface area contributed by atoms with Gasteiger partial charge in [0, 0.05) is 25.7 Å². The first kappa shape index (κ1) is 12.9. The van der Waals surface area contributed by atoms with Crippen molar-refractivity contribution in [3.05, 3.63) is 35.7 Å². The van der Waals surface area contributed by atoms with E-state index in [4.69, 9.17) is 9.47 Å². The monoisotopic (exact) mass is 274 g/mol. The van der Waals surface area contributed by atoms with Crippen LogP contribution in [0.5, 0.6) is 11.5 Å². The van der Waals surface area contributed by atoms with Crippen LogP contribution in [0.2, 0.25) is 0 Å². The molecule has 0 radical (unpaired) electrons. The number of rotatable bonds is 4. The molecular weight excluding hydrogens is 256 g/mol. The molecule has 3 rings (SSSR count). The van der Waals surface area contributed by atoms with Crippen LogP contribution in [-0.2, 0) is 13.5 Å². The largest absolute Gasteiger partial charge is 0.486 e. The van der Waals surface area contributed by atoms with Gasteiger partial charge in [0.15, 0.2) is 11.5 Å². The van der Waals surface area contributed by atoms with Gasteiger partial charge in [-0.2, -0.15) is 0 Å². The second kappa shape index (κ2) is 5.50. The zero-order chi connectivity index (χ0) is 13.9. The summed E-state index contributed by atoms with van der Waals surface area (Å²) in [6.45, 7) is 1.21. The first-order valence-electron chi connectivity index (χ1n) is 6.68. The van der Waals surface area contributed by atoms with E-state index in [9.17, 15) is 0 Å². The number of hydrogen-bond acceptors (Lipinski definition) is 5. The molecule has 1 aromatic carbocycles. The van der Waals surface area contributed by atoms with Crippen molar-refractivity contribution in [1.29, 1.82) is 0 Å². The Hall–Kier alpha value is -2.08. The highest BCUT2D eigenvalue weighted by Crippen LogP contribution is 2.33. The number of likely N-dealkylation sites (N-methyl/N-ethyl adjacent to an activating group) is 1. The van der Waals surface area contributed by atoms with E-state index in [-0.39, 0.29) is 6.04 Å². The molecule has 0 spiro atoms. The van der Waals surface area contributed by atoms with Crippen LogP contribution in [-0.4, -0.2) is 35.3 Å². The molecule has 1 aromatic heterocycles. The van der Waals surface area contributed by atoms with Crippen molar-refractivity contribution < 1.29 is 9.47 Å². The third-order valence-corrected chi connectivity index (χ3v) is 3.38. The van der Waals surface area contributed by atoms with Crippen LogP contribution in [0.15, 0.2) is 24.4 Å². The summed E-state index contributed by atoms with van der Waals surface area (Å²) >= 11 is 0. The highest BCUT2D eigenvalue weighted by Gasteiger charge is 2.17. The zero-order valence-electron chi connectivity index (χ0n) is 11.7. The average molecular weight is 274 g/mol. The quantitative estimate of drug-likeness (QED) is 0.904. The van der Waals surface area contributed by atoms with Crippen LogP contribution in [0.3, 0.4) is 0 Å². The second-order valence-electron chi connectivity index (χ2n) is 4.83. The van der Waals surface area contributed by atoms with Gasteiger partial charge in [0.05, 0.1) is 5.69 Å². The van der Waals surface area contributed by atoms with Crippen LogP contribution in [0.1, 0.15) is 17.3 Å². The molecule has 2 heterocycles. The number of nitrogens with one attached hydrogen (secondary N) is 1. The first-order valence-corrected chi connectivity index (χ1v) is 6.68. The summed E-state index contributed by atoms with van der Waals surface area (Å²) in [5.41, 5.74) is 2.11. The standard InChI is InChI=1S/C14H18N4O2/c1-15-12(8-11-9-18(2)17-16-11)10-3-4-13-14(7-10)20-6-5-19-13/h3-4,7,9,12,15H,5-6,8H2,1-2H3. The molecule has 0 fully saturated rings. The highest BCUT2D eigenvalue weighted by molar-refractivity contribution is 5.44. The number of benzene rings is 1.